The van der Waals surface area contributed by atoms with E-state index in [0.29, 0.717) is 17.0 Å². The van der Waals surface area contributed by atoms with Crippen LogP contribution in [0, 0.1) is 0 Å². The lowest BCUT2D eigenvalue weighted by atomic mass is 10.5. The first-order valence-corrected chi connectivity index (χ1v) is 6.21. The summed E-state index contributed by atoms with van der Waals surface area (Å²) in [4.78, 5) is 16.9. The number of aromatic nitrogens is 2. The summed E-state index contributed by atoms with van der Waals surface area (Å²) in [6.45, 7) is 1.25. The van der Waals surface area contributed by atoms with Gasteiger partial charge in [-0.15, -0.1) is 0 Å². The summed E-state index contributed by atoms with van der Waals surface area (Å²) in [6.07, 6.45) is 0.198. The molecule has 16 heavy (non-hydrogen) atoms. The van der Waals surface area contributed by atoms with Crippen molar-refractivity contribution in [3.63, 3.8) is 0 Å². The number of rotatable bonds is 4. The Balaban J connectivity index is 1.83. The van der Waals surface area contributed by atoms with Crippen LogP contribution in [0.3, 0.4) is 0 Å². The van der Waals surface area contributed by atoms with Crippen molar-refractivity contribution >= 4 is 28.5 Å². The number of epoxide rings is 1. The predicted octanol–water partition coefficient (Wildman–Crippen LogP) is 1.09. The minimum Gasteiger partial charge on any atom is -0.466 e. The largest absolute Gasteiger partial charge is 0.466 e. The number of nitrogens with zero attached hydrogens (tertiary/aromatic N) is 3. The Kier molecular flexibility index (Phi) is 3.62. The number of carbonyl (C=O) groups excluding carboxylic acids is 1. The summed E-state index contributed by atoms with van der Waals surface area (Å²) in [7, 11) is 3.37. The van der Waals surface area contributed by atoms with Gasteiger partial charge in [-0.2, -0.15) is 9.36 Å². The summed E-state index contributed by atoms with van der Waals surface area (Å²) in [5, 5.41) is 0.801. The molecule has 88 valence electrons. The summed E-state index contributed by atoms with van der Waals surface area (Å²) < 4.78 is 14.3. The third-order valence-electron chi connectivity index (χ3n) is 1.73. The zero-order valence-electron chi connectivity index (χ0n) is 8.87. The quantitative estimate of drug-likeness (QED) is 0.597. The second-order valence-electron chi connectivity index (χ2n) is 3.37. The standard InChI is InChI=1S/C8H11N3O3S2/c1-11(2)8(12)15-6-9-7(16-10-6)14-4-5-3-13-5/h5H,3-4H2,1-2H3. The molecule has 1 saturated heterocycles. The molecule has 1 aromatic heterocycles. The predicted molar refractivity (Wildman–Crippen MR) is 60.1 cm³/mol. The molecular weight excluding hydrogens is 250 g/mol. The Morgan fingerprint density at radius 2 is 2.50 bits per heavy atom. The zero-order chi connectivity index (χ0) is 11.5. The molecule has 0 spiro atoms. The summed E-state index contributed by atoms with van der Waals surface area (Å²) in [5.74, 6) is 0. The molecule has 8 heteroatoms. The van der Waals surface area contributed by atoms with Gasteiger partial charge in [0.2, 0.25) is 5.16 Å². The first-order valence-electron chi connectivity index (χ1n) is 4.62. The molecule has 1 fully saturated rings. The van der Waals surface area contributed by atoms with Gasteiger partial charge in [0, 0.05) is 37.4 Å². The fraction of sp³-hybridized carbons (Fsp3) is 0.625. The molecule has 1 unspecified atom stereocenters. The van der Waals surface area contributed by atoms with Crippen LogP contribution in [0.5, 0.6) is 5.19 Å². The van der Waals surface area contributed by atoms with Crippen LogP contribution in [0.15, 0.2) is 5.16 Å². The molecule has 0 radical (unpaired) electrons. The maximum atomic E-state index is 11.4. The van der Waals surface area contributed by atoms with E-state index in [9.17, 15) is 4.79 Å². The lowest BCUT2D eigenvalue weighted by molar-refractivity contribution is 0.241. The molecule has 0 aliphatic carbocycles. The number of ether oxygens (including phenoxy) is 2. The molecule has 1 amide bonds. The van der Waals surface area contributed by atoms with Gasteiger partial charge in [-0.3, -0.25) is 4.79 Å². The monoisotopic (exact) mass is 261 g/mol. The zero-order valence-corrected chi connectivity index (χ0v) is 10.5. The molecule has 6 nitrogen and oxygen atoms in total. The van der Waals surface area contributed by atoms with Crippen molar-refractivity contribution in [2.45, 2.75) is 11.3 Å². The highest BCUT2D eigenvalue weighted by atomic mass is 32.2. The van der Waals surface area contributed by atoms with Crippen LogP contribution in [-0.2, 0) is 4.74 Å². The van der Waals surface area contributed by atoms with Crippen LogP contribution in [-0.4, -0.2) is 52.9 Å². The van der Waals surface area contributed by atoms with Crippen LogP contribution in [0.1, 0.15) is 0 Å². The number of hydrogen-bond acceptors (Lipinski definition) is 7. The first kappa shape index (κ1) is 11.6. The van der Waals surface area contributed by atoms with Crippen molar-refractivity contribution in [3.8, 4) is 5.19 Å². The van der Waals surface area contributed by atoms with Crippen LogP contribution in [0.4, 0.5) is 4.79 Å². The maximum Gasteiger partial charge on any atom is 0.294 e. The highest BCUT2D eigenvalue weighted by Crippen LogP contribution is 2.24. The Morgan fingerprint density at radius 3 is 3.12 bits per heavy atom. The van der Waals surface area contributed by atoms with Gasteiger partial charge in [-0.1, -0.05) is 0 Å². The van der Waals surface area contributed by atoms with E-state index in [2.05, 4.69) is 9.36 Å². The van der Waals surface area contributed by atoms with E-state index in [0.717, 1.165) is 29.9 Å². The molecular formula is C8H11N3O3S2. The summed E-state index contributed by atoms with van der Waals surface area (Å²) in [6, 6.07) is 0. The Labute approximate surface area is 101 Å². The van der Waals surface area contributed by atoms with Crippen molar-refractivity contribution in [2.75, 3.05) is 27.3 Å². The van der Waals surface area contributed by atoms with Crippen molar-refractivity contribution in [1.82, 2.24) is 14.3 Å². The van der Waals surface area contributed by atoms with Gasteiger partial charge in [-0.25, -0.2) is 0 Å². The molecule has 1 aliphatic rings. The molecule has 0 saturated carbocycles. The van der Waals surface area contributed by atoms with Crippen molar-refractivity contribution in [1.29, 1.82) is 0 Å². The average Bonchev–Trinajstić information content (AvgIpc) is 2.97. The number of carbonyl (C=O) groups is 1. The number of amides is 1. The van der Waals surface area contributed by atoms with Gasteiger partial charge in [0.15, 0.2) is 0 Å². The van der Waals surface area contributed by atoms with E-state index in [1.165, 1.54) is 4.90 Å². The Bertz CT molecular complexity index is 378. The van der Waals surface area contributed by atoms with Gasteiger partial charge >= 0.3 is 0 Å². The van der Waals surface area contributed by atoms with E-state index in [-0.39, 0.29) is 11.3 Å². The third kappa shape index (κ3) is 3.32. The normalized spacial score (nSPS) is 18.2. The molecule has 0 bridgehead atoms. The van der Waals surface area contributed by atoms with Crippen LogP contribution >= 0.6 is 23.3 Å². The lowest BCUT2D eigenvalue weighted by Crippen LogP contribution is -2.16. The summed E-state index contributed by atoms with van der Waals surface area (Å²) in [5.41, 5.74) is 0. The Hall–Kier alpha value is -0.860. The SMILES string of the molecule is CN(C)C(=O)Sc1nsc(OCC2CO2)n1. The van der Waals surface area contributed by atoms with Gasteiger partial charge in [0.1, 0.15) is 12.7 Å². The highest BCUT2D eigenvalue weighted by Gasteiger charge is 2.24. The maximum absolute atomic E-state index is 11.4. The lowest BCUT2D eigenvalue weighted by Gasteiger charge is -2.06. The van der Waals surface area contributed by atoms with Crippen LogP contribution < -0.4 is 4.74 Å². The van der Waals surface area contributed by atoms with Crippen LogP contribution in [0.25, 0.3) is 0 Å². The minimum atomic E-state index is -0.102. The fourth-order valence-corrected chi connectivity index (χ4v) is 2.03. The second-order valence-corrected chi connectivity index (χ2v) is 5.00. The second kappa shape index (κ2) is 4.98. The van der Waals surface area contributed by atoms with Crippen molar-refractivity contribution < 1.29 is 14.3 Å². The Morgan fingerprint density at radius 1 is 1.75 bits per heavy atom. The van der Waals surface area contributed by atoms with Crippen molar-refractivity contribution in [2.24, 2.45) is 0 Å². The third-order valence-corrected chi connectivity index (χ3v) is 3.38. The van der Waals surface area contributed by atoms with Gasteiger partial charge in [-0.05, 0) is 0 Å². The molecule has 1 aliphatic heterocycles. The van der Waals surface area contributed by atoms with E-state index >= 15 is 0 Å². The van der Waals surface area contributed by atoms with Gasteiger partial charge < -0.3 is 14.4 Å². The molecule has 2 heterocycles. The molecule has 2 rings (SSSR count). The smallest absolute Gasteiger partial charge is 0.294 e. The fourth-order valence-electron chi connectivity index (χ4n) is 0.795. The molecule has 1 aromatic rings. The van der Waals surface area contributed by atoms with E-state index < -0.39 is 0 Å². The minimum absolute atomic E-state index is 0.102. The van der Waals surface area contributed by atoms with E-state index in [1.807, 2.05) is 0 Å². The number of thioether (sulfide) groups is 1. The first-order chi connectivity index (χ1) is 7.65. The van der Waals surface area contributed by atoms with E-state index in [1.54, 1.807) is 14.1 Å². The van der Waals surface area contributed by atoms with E-state index in [4.69, 9.17) is 9.47 Å². The topological polar surface area (TPSA) is 67.9 Å². The molecule has 1 atom stereocenters. The van der Waals surface area contributed by atoms with Gasteiger partial charge in [0.05, 0.1) is 6.61 Å². The van der Waals surface area contributed by atoms with Gasteiger partial charge in [0.25, 0.3) is 10.4 Å². The van der Waals surface area contributed by atoms with Crippen molar-refractivity contribution in [3.05, 3.63) is 0 Å². The molecule has 0 aromatic carbocycles. The highest BCUT2D eigenvalue weighted by molar-refractivity contribution is 8.13. The summed E-state index contributed by atoms with van der Waals surface area (Å²) >= 11 is 2.13. The molecule has 0 N–H and O–H groups in total. The number of hydrogen-bond donors (Lipinski definition) is 0. The average molecular weight is 261 g/mol. The van der Waals surface area contributed by atoms with Crippen LogP contribution in [0.2, 0.25) is 0 Å².